The second-order valence-electron chi connectivity index (χ2n) is 5.49. The molecule has 0 amide bonds. The summed E-state index contributed by atoms with van der Waals surface area (Å²) in [5.41, 5.74) is 4.41. The molecular weight excluding hydrogens is 264 g/mol. The first-order valence-electron chi connectivity index (χ1n) is 6.92. The van der Waals surface area contributed by atoms with E-state index in [2.05, 4.69) is 43.1 Å². The maximum atomic E-state index is 10.7. The van der Waals surface area contributed by atoms with Gasteiger partial charge < -0.3 is 4.98 Å². The lowest BCUT2D eigenvalue weighted by atomic mass is 10.0. The van der Waals surface area contributed by atoms with Crippen LogP contribution in [0.5, 0.6) is 0 Å². The predicted molar refractivity (Wildman–Crippen MR) is 84.5 cm³/mol. The van der Waals surface area contributed by atoms with Gasteiger partial charge in [0.25, 0.3) is 5.69 Å². The zero-order valence-electron chi connectivity index (χ0n) is 12.0. The Bertz CT molecular complexity index is 801. The first-order valence-corrected chi connectivity index (χ1v) is 6.92. The Hall–Kier alpha value is -2.62. The minimum Gasteiger partial charge on any atom is -0.355 e. The van der Waals surface area contributed by atoms with Crippen LogP contribution >= 0.6 is 0 Å². The molecule has 1 aromatic heterocycles. The van der Waals surface area contributed by atoms with Crippen molar-refractivity contribution >= 4 is 16.6 Å². The maximum Gasteiger partial charge on any atom is 0.269 e. The van der Waals surface area contributed by atoms with E-state index >= 15 is 0 Å². The van der Waals surface area contributed by atoms with Crippen LogP contribution in [0.3, 0.4) is 0 Å². The van der Waals surface area contributed by atoms with Gasteiger partial charge in [-0.15, -0.1) is 0 Å². The average Bonchev–Trinajstić information content (AvgIpc) is 2.90. The molecule has 0 bridgehead atoms. The van der Waals surface area contributed by atoms with E-state index in [1.807, 2.05) is 0 Å². The number of aromatic amines is 1. The fourth-order valence-electron chi connectivity index (χ4n) is 2.43. The Balaban J connectivity index is 2.02. The Morgan fingerprint density at radius 3 is 2.38 bits per heavy atom. The van der Waals surface area contributed by atoms with Crippen LogP contribution in [0.15, 0.2) is 48.5 Å². The smallest absolute Gasteiger partial charge is 0.269 e. The number of nitro benzene ring substituents is 1. The summed E-state index contributed by atoms with van der Waals surface area (Å²) in [6.07, 6.45) is 0. The fourth-order valence-corrected chi connectivity index (χ4v) is 2.43. The Morgan fingerprint density at radius 2 is 1.76 bits per heavy atom. The highest BCUT2D eigenvalue weighted by Gasteiger charge is 2.08. The minimum atomic E-state index is -0.385. The van der Waals surface area contributed by atoms with Crippen molar-refractivity contribution in [2.24, 2.45) is 0 Å². The van der Waals surface area contributed by atoms with Crippen LogP contribution < -0.4 is 0 Å². The van der Waals surface area contributed by atoms with Crippen LogP contribution in [0.1, 0.15) is 25.3 Å². The number of H-pyrrole nitrogens is 1. The summed E-state index contributed by atoms with van der Waals surface area (Å²) in [4.78, 5) is 13.7. The summed E-state index contributed by atoms with van der Waals surface area (Å²) in [5.74, 6) is 0.493. The van der Waals surface area contributed by atoms with Crippen molar-refractivity contribution in [2.75, 3.05) is 0 Å². The Kier molecular flexibility index (Phi) is 3.22. The quantitative estimate of drug-likeness (QED) is 0.549. The van der Waals surface area contributed by atoms with Gasteiger partial charge in [0.15, 0.2) is 0 Å². The monoisotopic (exact) mass is 280 g/mol. The van der Waals surface area contributed by atoms with Crippen LogP contribution in [0, 0.1) is 10.1 Å². The molecule has 2 aromatic carbocycles. The number of nitrogens with zero attached hydrogens (tertiary/aromatic N) is 1. The van der Waals surface area contributed by atoms with Crippen LogP contribution in [-0.2, 0) is 0 Å². The molecule has 0 aliphatic rings. The molecule has 0 atom stereocenters. The summed E-state index contributed by atoms with van der Waals surface area (Å²) in [6, 6.07) is 15.1. The molecule has 0 unspecified atom stereocenters. The van der Waals surface area contributed by atoms with Gasteiger partial charge in [-0.05, 0) is 47.4 Å². The number of nitrogens with one attached hydrogen (secondary N) is 1. The topological polar surface area (TPSA) is 58.9 Å². The van der Waals surface area contributed by atoms with Gasteiger partial charge in [0.1, 0.15) is 0 Å². The molecule has 0 aliphatic carbocycles. The van der Waals surface area contributed by atoms with Crippen molar-refractivity contribution in [1.29, 1.82) is 0 Å². The van der Waals surface area contributed by atoms with Gasteiger partial charge in [0.2, 0.25) is 0 Å². The molecule has 3 aromatic rings. The average molecular weight is 280 g/mol. The fraction of sp³-hybridized carbons (Fsp3) is 0.176. The van der Waals surface area contributed by atoms with Crippen LogP contribution in [0.25, 0.3) is 22.2 Å². The summed E-state index contributed by atoms with van der Waals surface area (Å²) >= 11 is 0. The SMILES string of the molecule is CC(C)c1ccc2[nH]c(-c3ccc([N+](=O)[O-])cc3)cc2c1. The lowest BCUT2D eigenvalue weighted by Crippen LogP contribution is -1.87. The molecule has 1 N–H and O–H groups in total. The normalized spacial score (nSPS) is 11.2. The number of hydrogen-bond acceptors (Lipinski definition) is 2. The van der Waals surface area contributed by atoms with Gasteiger partial charge in [0, 0.05) is 28.7 Å². The van der Waals surface area contributed by atoms with Crippen molar-refractivity contribution < 1.29 is 4.92 Å². The second-order valence-corrected chi connectivity index (χ2v) is 5.49. The van der Waals surface area contributed by atoms with E-state index in [1.165, 1.54) is 17.7 Å². The van der Waals surface area contributed by atoms with E-state index in [0.29, 0.717) is 5.92 Å². The molecule has 0 aliphatic heterocycles. The highest BCUT2D eigenvalue weighted by atomic mass is 16.6. The van der Waals surface area contributed by atoms with Crippen molar-refractivity contribution in [3.05, 3.63) is 64.2 Å². The van der Waals surface area contributed by atoms with Crippen LogP contribution in [-0.4, -0.2) is 9.91 Å². The van der Waals surface area contributed by atoms with Gasteiger partial charge in [-0.2, -0.15) is 0 Å². The predicted octanol–water partition coefficient (Wildman–Crippen LogP) is 4.87. The van der Waals surface area contributed by atoms with Crippen molar-refractivity contribution in [2.45, 2.75) is 19.8 Å². The number of hydrogen-bond donors (Lipinski definition) is 1. The van der Waals surface area contributed by atoms with Crippen molar-refractivity contribution in [3.63, 3.8) is 0 Å². The van der Waals surface area contributed by atoms with Gasteiger partial charge in [-0.3, -0.25) is 10.1 Å². The zero-order valence-corrected chi connectivity index (χ0v) is 12.0. The molecule has 4 nitrogen and oxygen atoms in total. The number of fused-ring (bicyclic) bond motifs is 1. The van der Waals surface area contributed by atoms with Gasteiger partial charge >= 0.3 is 0 Å². The van der Waals surface area contributed by atoms with E-state index < -0.39 is 0 Å². The molecule has 0 radical (unpaired) electrons. The molecule has 0 saturated carbocycles. The van der Waals surface area contributed by atoms with Crippen LogP contribution in [0.2, 0.25) is 0 Å². The van der Waals surface area contributed by atoms with Gasteiger partial charge in [-0.25, -0.2) is 0 Å². The van der Waals surface area contributed by atoms with Crippen molar-refractivity contribution in [1.82, 2.24) is 4.98 Å². The maximum absolute atomic E-state index is 10.7. The third-order valence-corrected chi connectivity index (χ3v) is 3.70. The lowest BCUT2D eigenvalue weighted by molar-refractivity contribution is -0.384. The van der Waals surface area contributed by atoms with Gasteiger partial charge in [-0.1, -0.05) is 19.9 Å². The van der Waals surface area contributed by atoms with E-state index in [1.54, 1.807) is 12.1 Å². The minimum absolute atomic E-state index is 0.108. The Labute approximate surface area is 122 Å². The number of benzene rings is 2. The number of nitro groups is 1. The molecule has 4 heteroatoms. The second kappa shape index (κ2) is 5.05. The zero-order chi connectivity index (χ0) is 15.0. The van der Waals surface area contributed by atoms with Crippen molar-refractivity contribution in [3.8, 4) is 11.3 Å². The van der Waals surface area contributed by atoms with E-state index in [-0.39, 0.29) is 10.6 Å². The summed E-state index contributed by atoms with van der Waals surface area (Å²) in [7, 11) is 0. The molecule has 1 heterocycles. The molecule has 106 valence electrons. The summed E-state index contributed by atoms with van der Waals surface area (Å²) in [5, 5.41) is 11.9. The first-order chi connectivity index (χ1) is 10.0. The first kappa shape index (κ1) is 13.4. The van der Waals surface area contributed by atoms with E-state index in [9.17, 15) is 10.1 Å². The number of aromatic nitrogens is 1. The molecule has 0 saturated heterocycles. The van der Waals surface area contributed by atoms with E-state index in [0.717, 1.165) is 22.2 Å². The summed E-state index contributed by atoms with van der Waals surface area (Å²) < 4.78 is 0. The molecule has 21 heavy (non-hydrogen) atoms. The summed E-state index contributed by atoms with van der Waals surface area (Å²) in [6.45, 7) is 4.34. The molecular formula is C17H16N2O2. The number of rotatable bonds is 3. The molecule has 0 spiro atoms. The molecule has 0 fully saturated rings. The standard InChI is InChI=1S/C17H16N2O2/c1-11(2)13-5-8-16-14(9-13)10-17(18-16)12-3-6-15(7-4-12)19(20)21/h3-11,18H,1-2H3. The highest BCUT2D eigenvalue weighted by molar-refractivity contribution is 5.86. The third-order valence-electron chi connectivity index (χ3n) is 3.70. The largest absolute Gasteiger partial charge is 0.355 e. The van der Waals surface area contributed by atoms with Crippen LogP contribution in [0.4, 0.5) is 5.69 Å². The molecule has 3 rings (SSSR count). The lowest BCUT2D eigenvalue weighted by Gasteiger charge is -2.03. The number of non-ortho nitro benzene ring substituents is 1. The van der Waals surface area contributed by atoms with E-state index in [4.69, 9.17) is 0 Å². The highest BCUT2D eigenvalue weighted by Crippen LogP contribution is 2.28. The van der Waals surface area contributed by atoms with Gasteiger partial charge in [0.05, 0.1) is 4.92 Å². The Morgan fingerprint density at radius 1 is 1.05 bits per heavy atom. The third kappa shape index (κ3) is 2.52.